The van der Waals surface area contributed by atoms with E-state index in [1.54, 1.807) is 6.07 Å². The van der Waals surface area contributed by atoms with Gasteiger partial charge in [0.15, 0.2) is 0 Å². The van der Waals surface area contributed by atoms with Gasteiger partial charge in [-0.2, -0.15) is 0 Å². The molecule has 112 valence electrons. The van der Waals surface area contributed by atoms with E-state index in [0.29, 0.717) is 33.7 Å². The highest BCUT2D eigenvalue weighted by Crippen LogP contribution is 2.38. The van der Waals surface area contributed by atoms with E-state index in [1.807, 2.05) is 4.90 Å². The summed E-state index contributed by atoms with van der Waals surface area (Å²) in [5.74, 6) is 0. The number of halogens is 5. The lowest BCUT2D eigenvalue weighted by Gasteiger charge is -2.35. The van der Waals surface area contributed by atoms with Crippen molar-refractivity contribution in [3.05, 3.63) is 32.8 Å². The SMILES string of the molecule is FC(F)C[C@H](c1cc(Cl)cc(Cl)c1Cl)N1CCNCC1. The molecule has 0 saturated carbocycles. The number of piperazine rings is 1. The third kappa shape index (κ3) is 3.95. The number of nitrogens with zero attached hydrogens (tertiary/aromatic N) is 1. The standard InChI is InChI=1S/C13H15Cl3F2N2/c14-8-5-9(13(16)10(15)6-8)11(7-12(17)18)20-3-1-19-2-4-20/h5-6,11-12,19H,1-4,7H2/t11-/m1/s1. The quantitative estimate of drug-likeness (QED) is 0.822. The summed E-state index contributed by atoms with van der Waals surface area (Å²) in [5, 5.41) is 4.20. The van der Waals surface area contributed by atoms with Crippen molar-refractivity contribution >= 4 is 34.8 Å². The number of rotatable bonds is 4. The van der Waals surface area contributed by atoms with Gasteiger partial charge in [0.05, 0.1) is 10.0 Å². The van der Waals surface area contributed by atoms with Crippen molar-refractivity contribution in [2.24, 2.45) is 0 Å². The Labute approximate surface area is 132 Å². The van der Waals surface area contributed by atoms with Crippen molar-refractivity contribution in [1.82, 2.24) is 10.2 Å². The summed E-state index contributed by atoms with van der Waals surface area (Å²) in [4.78, 5) is 2.00. The van der Waals surface area contributed by atoms with Gasteiger partial charge in [-0.15, -0.1) is 0 Å². The second-order valence-electron chi connectivity index (χ2n) is 4.72. The first-order chi connectivity index (χ1) is 9.49. The molecule has 0 unspecified atom stereocenters. The monoisotopic (exact) mass is 342 g/mol. The summed E-state index contributed by atoms with van der Waals surface area (Å²) in [6, 6.07) is 2.68. The van der Waals surface area contributed by atoms with Crippen molar-refractivity contribution in [1.29, 1.82) is 0 Å². The van der Waals surface area contributed by atoms with Gasteiger partial charge < -0.3 is 5.32 Å². The van der Waals surface area contributed by atoms with Crippen LogP contribution < -0.4 is 5.32 Å². The molecule has 1 fully saturated rings. The number of hydrogen-bond donors (Lipinski definition) is 1. The minimum absolute atomic E-state index is 0.281. The maximum Gasteiger partial charge on any atom is 0.240 e. The average Bonchev–Trinajstić information content (AvgIpc) is 2.41. The molecule has 0 aliphatic carbocycles. The van der Waals surface area contributed by atoms with Crippen molar-refractivity contribution in [2.75, 3.05) is 26.2 Å². The van der Waals surface area contributed by atoms with Crippen LogP contribution in [0.4, 0.5) is 8.78 Å². The Morgan fingerprint density at radius 1 is 1.15 bits per heavy atom. The molecule has 1 aliphatic heterocycles. The van der Waals surface area contributed by atoms with Gasteiger partial charge in [-0.1, -0.05) is 34.8 Å². The number of benzene rings is 1. The molecule has 1 aromatic carbocycles. The third-order valence-corrected chi connectivity index (χ3v) is 4.41. The number of hydrogen-bond acceptors (Lipinski definition) is 2. The molecule has 1 aliphatic rings. The molecule has 20 heavy (non-hydrogen) atoms. The van der Waals surface area contributed by atoms with Gasteiger partial charge in [0.25, 0.3) is 0 Å². The first-order valence-electron chi connectivity index (χ1n) is 6.36. The van der Waals surface area contributed by atoms with Crippen LogP contribution >= 0.6 is 34.8 Å². The van der Waals surface area contributed by atoms with Crippen LogP contribution in [0.1, 0.15) is 18.0 Å². The zero-order chi connectivity index (χ0) is 14.7. The molecule has 2 rings (SSSR count). The lowest BCUT2D eigenvalue weighted by Crippen LogP contribution is -2.45. The molecule has 1 saturated heterocycles. The van der Waals surface area contributed by atoms with Crippen LogP contribution in [0.5, 0.6) is 0 Å². The molecule has 1 aromatic rings. The summed E-state index contributed by atoms with van der Waals surface area (Å²) < 4.78 is 25.8. The maximum absolute atomic E-state index is 12.9. The topological polar surface area (TPSA) is 15.3 Å². The van der Waals surface area contributed by atoms with E-state index in [9.17, 15) is 8.78 Å². The van der Waals surface area contributed by atoms with E-state index >= 15 is 0 Å². The van der Waals surface area contributed by atoms with E-state index in [0.717, 1.165) is 13.1 Å². The smallest absolute Gasteiger partial charge is 0.240 e. The maximum atomic E-state index is 12.9. The highest BCUT2D eigenvalue weighted by atomic mass is 35.5. The van der Waals surface area contributed by atoms with E-state index in [2.05, 4.69) is 5.32 Å². The predicted octanol–water partition coefficient (Wildman–Crippen LogP) is 4.25. The zero-order valence-electron chi connectivity index (χ0n) is 10.7. The lowest BCUT2D eigenvalue weighted by molar-refractivity contribution is 0.0739. The second-order valence-corrected chi connectivity index (χ2v) is 5.94. The fraction of sp³-hybridized carbons (Fsp3) is 0.538. The Balaban J connectivity index is 2.34. The van der Waals surface area contributed by atoms with E-state index < -0.39 is 12.5 Å². The van der Waals surface area contributed by atoms with Gasteiger partial charge in [0.2, 0.25) is 6.43 Å². The Morgan fingerprint density at radius 3 is 2.40 bits per heavy atom. The van der Waals surface area contributed by atoms with Gasteiger partial charge in [-0.25, -0.2) is 8.78 Å². The van der Waals surface area contributed by atoms with Crippen LogP contribution in [0, 0.1) is 0 Å². The molecule has 1 N–H and O–H groups in total. The fourth-order valence-corrected chi connectivity index (χ4v) is 3.20. The summed E-state index contributed by atoms with van der Waals surface area (Å²) in [5.41, 5.74) is 0.575. The average molecular weight is 344 g/mol. The van der Waals surface area contributed by atoms with Gasteiger partial charge in [0, 0.05) is 43.7 Å². The van der Waals surface area contributed by atoms with E-state index in [-0.39, 0.29) is 6.42 Å². The summed E-state index contributed by atoms with van der Waals surface area (Å²) in [6.07, 6.45) is -2.69. The molecule has 7 heteroatoms. The van der Waals surface area contributed by atoms with Crippen LogP contribution in [0.15, 0.2) is 12.1 Å². The number of nitrogens with one attached hydrogen (secondary N) is 1. The first-order valence-corrected chi connectivity index (χ1v) is 7.49. The summed E-state index contributed by atoms with van der Waals surface area (Å²) in [7, 11) is 0. The van der Waals surface area contributed by atoms with Gasteiger partial charge in [-0.05, 0) is 17.7 Å². The summed E-state index contributed by atoms with van der Waals surface area (Å²) in [6.45, 7) is 2.92. The molecule has 1 heterocycles. The van der Waals surface area contributed by atoms with Crippen molar-refractivity contribution in [2.45, 2.75) is 18.9 Å². The minimum atomic E-state index is -2.41. The Bertz CT molecular complexity index is 465. The molecular weight excluding hydrogens is 329 g/mol. The molecule has 0 spiro atoms. The molecule has 0 bridgehead atoms. The zero-order valence-corrected chi connectivity index (χ0v) is 12.9. The van der Waals surface area contributed by atoms with Crippen LogP contribution in [-0.4, -0.2) is 37.5 Å². The molecule has 1 atom stereocenters. The van der Waals surface area contributed by atoms with Gasteiger partial charge in [-0.3, -0.25) is 4.90 Å². The Kier molecular flexibility index (Phi) is 5.87. The fourth-order valence-electron chi connectivity index (χ4n) is 2.45. The van der Waals surface area contributed by atoms with Crippen LogP contribution in [0.2, 0.25) is 15.1 Å². The highest BCUT2D eigenvalue weighted by Gasteiger charge is 2.28. The minimum Gasteiger partial charge on any atom is -0.314 e. The molecule has 2 nitrogen and oxygen atoms in total. The lowest BCUT2D eigenvalue weighted by atomic mass is 10.0. The normalized spacial score (nSPS) is 18.5. The van der Waals surface area contributed by atoms with E-state index in [4.69, 9.17) is 34.8 Å². The third-order valence-electron chi connectivity index (χ3n) is 3.37. The van der Waals surface area contributed by atoms with Crippen LogP contribution in [-0.2, 0) is 0 Å². The van der Waals surface area contributed by atoms with Gasteiger partial charge >= 0.3 is 0 Å². The van der Waals surface area contributed by atoms with Crippen molar-refractivity contribution in [3.63, 3.8) is 0 Å². The van der Waals surface area contributed by atoms with E-state index in [1.165, 1.54) is 6.07 Å². The molecule has 0 amide bonds. The highest BCUT2D eigenvalue weighted by molar-refractivity contribution is 6.43. The number of alkyl halides is 2. The van der Waals surface area contributed by atoms with Crippen LogP contribution in [0.3, 0.4) is 0 Å². The first kappa shape index (κ1) is 16.2. The Morgan fingerprint density at radius 2 is 1.80 bits per heavy atom. The van der Waals surface area contributed by atoms with Crippen LogP contribution in [0.25, 0.3) is 0 Å². The molecule has 0 aromatic heterocycles. The predicted molar refractivity (Wildman–Crippen MR) is 79.3 cm³/mol. The largest absolute Gasteiger partial charge is 0.314 e. The van der Waals surface area contributed by atoms with Gasteiger partial charge in [0.1, 0.15) is 0 Å². The molecule has 0 radical (unpaired) electrons. The van der Waals surface area contributed by atoms with Crippen molar-refractivity contribution < 1.29 is 8.78 Å². The summed E-state index contributed by atoms with van der Waals surface area (Å²) >= 11 is 18.2. The second kappa shape index (κ2) is 7.23. The molecular formula is C13H15Cl3F2N2. The van der Waals surface area contributed by atoms with Crippen molar-refractivity contribution in [3.8, 4) is 0 Å². The Hall–Kier alpha value is -0.130.